The summed E-state index contributed by atoms with van der Waals surface area (Å²) < 4.78 is 15.7. The molecular formula is C31H48N7O13P. The Balaban J connectivity index is 2.31. The highest BCUT2D eigenvalue weighted by molar-refractivity contribution is 7.46. The molecule has 1 saturated heterocycles. The normalized spacial score (nSPS) is 18.7. The average Bonchev–Trinajstić information content (AvgIpc) is 3.41. The summed E-state index contributed by atoms with van der Waals surface area (Å²) in [7, 11) is -4.81. The lowest BCUT2D eigenvalue weighted by Crippen LogP contribution is -2.59. The van der Waals surface area contributed by atoms with Gasteiger partial charge in [-0.05, 0) is 43.4 Å². The van der Waals surface area contributed by atoms with E-state index in [2.05, 4.69) is 25.8 Å². The Hall–Kier alpha value is -4.62. The quantitative estimate of drug-likeness (QED) is 0.0623. The van der Waals surface area contributed by atoms with Gasteiger partial charge in [0.2, 0.25) is 41.4 Å². The minimum absolute atomic E-state index is 0.0736. The second-order valence-corrected chi connectivity index (χ2v) is 14.1. The average molecular weight is 758 g/mol. The topological polar surface area (TPSA) is 330 Å². The van der Waals surface area contributed by atoms with Crippen LogP contribution in [0.25, 0.3) is 0 Å². The lowest BCUT2D eigenvalue weighted by atomic mass is 10.00. The molecule has 52 heavy (non-hydrogen) atoms. The Morgan fingerprint density at radius 3 is 2.02 bits per heavy atom. The zero-order valence-corrected chi connectivity index (χ0v) is 30.1. The summed E-state index contributed by atoms with van der Waals surface area (Å²) >= 11 is 0. The van der Waals surface area contributed by atoms with Gasteiger partial charge in [-0.15, -0.1) is 0 Å². The van der Waals surface area contributed by atoms with E-state index in [1.165, 1.54) is 38.1 Å². The van der Waals surface area contributed by atoms with Gasteiger partial charge >= 0.3 is 7.82 Å². The van der Waals surface area contributed by atoms with Crippen LogP contribution in [0.3, 0.4) is 0 Å². The van der Waals surface area contributed by atoms with Crippen molar-refractivity contribution < 1.29 is 62.7 Å². The van der Waals surface area contributed by atoms with Gasteiger partial charge in [0.15, 0.2) is 0 Å². The van der Waals surface area contributed by atoms with Crippen LogP contribution in [0.5, 0.6) is 5.75 Å². The van der Waals surface area contributed by atoms with E-state index in [1.54, 1.807) is 13.8 Å². The van der Waals surface area contributed by atoms with Crippen LogP contribution in [0.1, 0.15) is 58.9 Å². The summed E-state index contributed by atoms with van der Waals surface area (Å²) in [5, 5.41) is 30.2. The predicted molar refractivity (Wildman–Crippen MR) is 181 cm³/mol. The number of β-amino-alcohol motifs (C(OH)–C–C–N with tert-alkyl or cyclic N) is 1. The minimum atomic E-state index is -4.81. The van der Waals surface area contributed by atoms with Gasteiger partial charge in [-0.1, -0.05) is 26.0 Å². The number of aliphatic hydroxyl groups excluding tert-OH is 2. The Morgan fingerprint density at radius 1 is 0.923 bits per heavy atom. The first-order valence-electron chi connectivity index (χ1n) is 16.3. The van der Waals surface area contributed by atoms with E-state index in [0.717, 1.165) is 4.90 Å². The highest BCUT2D eigenvalue weighted by Gasteiger charge is 2.43. The van der Waals surface area contributed by atoms with E-state index in [9.17, 15) is 48.3 Å². The first-order chi connectivity index (χ1) is 24.1. The van der Waals surface area contributed by atoms with E-state index in [0.29, 0.717) is 5.56 Å². The standard InChI is InChI=1S/C31H48N7O13P/c1-15(2)11-23(36-29(45)22(34-17(4)40)12-18-5-7-20(8-6-18)51-52(48,49)50)31(47)38-14-19(41)13-24(38)30(46)35-21(9-10-25(32)42)28(44)37-26(16(3)39)27(33)43/h5-8,15-16,19,21-24,26,39,41H,9-14H2,1-4H3,(H2,32,42)(H2,33,43)(H,34,40)(H,35,46)(H,36,45)(H,37,44)(H2,48,49,50)/t16?,19-,21+,22+,23+,24+,26+/m1/s1. The summed E-state index contributed by atoms with van der Waals surface area (Å²) in [6.45, 7) is 5.61. The van der Waals surface area contributed by atoms with E-state index in [-0.39, 0.29) is 50.3 Å². The fraction of sp³-hybridized carbons (Fsp3) is 0.581. The molecule has 1 heterocycles. The predicted octanol–water partition coefficient (Wildman–Crippen LogP) is -3.20. The van der Waals surface area contributed by atoms with Crippen LogP contribution in [-0.4, -0.2) is 115 Å². The zero-order chi connectivity index (χ0) is 39.5. The maximum atomic E-state index is 14.0. The molecule has 1 aromatic rings. The number of rotatable bonds is 19. The summed E-state index contributed by atoms with van der Waals surface area (Å²) in [6.07, 6.45) is -3.54. The van der Waals surface area contributed by atoms with Crippen molar-refractivity contribution in [1.29, 1.82) is 0 Å². The summed E-state index contributed by atoms with van der Waals surface area (Å²) in [6, 6.07) is -1.45. The van der Waals surface area contributed by atoms with Crippen molar-refractivity contribution in [1.82, 2.24) is 26.2 Å². The second kappa shape index (κ2) is 19.3. The highest BCUT2D eigenvalue weighted by atomic mass is 31.2. The monoisotopic (exact) mass is 757 g/mol. The molecule has 290 valence electrons. The molecule has 0 saturated carbocycles. The number of nitrogens with zero attached hydrogens (tertiary/aromatic N) is 1. The third kappa shape index (κ3) is 14.2. The number of phosphoric acid groups is 1. The molecule has 0 radical (unpaired) electrons. The number of likely N-dealkylation sites (tertiary alicyclic amines) is 1. The number of amides is 7. The van der Waals surface area contributed by atoms with E-state index in [4.69, 9.17) is 21.3 Å². The molecule has 1 aromatic carbocycles. The van der Waals surface area contributed by atoms with Crippen LogP contribution in [0, 0.1) is 5.92 Å². The van der Waals surface area contributed by atoms with Gasteiger partial charge in [-0.2, -0.15) is 0 Å². The molecule has 0 spiro atoms. The molecule has 7 amide bonds. The van der Waals surface area contributed by atoms with Crippen LogP contribution < -0.4 is 37.3 Å². The lowest BCUT2D eigenvalue weighted by molar-refractivity contribution is -0.143. The van der Waals surface area contributed by atoms with Crippen molar-refractivity contribution in [3.63, 3.8) is 0 Å². The van der Waals surface area contributed by atoms with Gasteiger partial charge in [0, 0.05) is 32.7 Å². The molecule has 1 aliphatic rings. The van der Waals surface area contributed by atoms with Gasteiger partial charge in [0.25, 0.3) is 0 Å². The lowest BCUT2D eigenvalue weighted by Gasteiger charge is -2.31. The molecule has 7 atom stereocenters. The van der Waals surface area contributed by atoms with Gasteiger partial charge in [0.1, 0.15) is 36.0 Å². The number of nitrogens with one attached hydrogen (secondary N) is 4. The Morgan fingerprint density at radius 2 is 1.52 bits per heavy atom. The zero-order valence-electron chi connectivity index (χ0n) is 29.2. The third-order valence-corrected chi connectivity index (χ3v) is 8.32. The SMILES string of the molecule is CC(=O)N[C@@H](Cc1ccc(OP(=O)(O)O)cc1)C(=O)N[C@@H](CC(C)C)C(=O)N1C[C@H](O)C[C@H]1C(=O)N[C@@H](CCC(N)=O)C(=O)N[C@H](C(N)=O)C(C)O. The Labute approximate surface area is 299 Å². The van der Waals surface area contributed by atoms with Crippen molar-refractivity contribution in [2.24, 2.45) is 17.4 Å². The van der Waals surface area contributed by atoms with Crippen molar-refractivity contribution in [2.45, 2.75) is 102 Å². The molecule has 0 bridgehead atoms. The minimum Gasteiger partial charge on any atom is -0.404 e. The van der Waals surface area contributed by atoms with Crippen molar-refractivity contribution in [3.8, 4) is 5.75 Å². The second-order valence-electron chi connectivity index (χ2n) is 13.0. The van der Waals surface area contributed by atoms with Gasteiger partial charge in [-0.3, -0.25) is 43.3 Å². The number of benzene rings is 1. The molecule has 0 aliphatic carbocycles. The molecule has 0 aromatic heterocycles. The number of carbonyl (C=O) groups excluding carboxylic acids is 7. The Bertz CT molecular complexity index is 1520. The fourth-order valence-corrected chi connectivity index (χ4v) is 5.89. The van der Waals surface area contributed by atoms with E-state index < -0.39 is 91.6 Å². The molecule has 20 nitrogen and oxygen atoms in total. The molecule has 2 rings (SSSR count). The van der Waals surface area contributed by atoms with E-state index in [1.807, 2.05) is 0 Å². The first-order valence-corrected chi connectivity index (χ1v) is 17.9. The largest absolute Gasteiger partial charge is 0.524 e. The van der Waals surface area contributed by atoms with Crippen LogP contribution >= 0.6 is 7.82 Å². The van der Waals surface area contributed by atoms with E-state index >= 15 is 0 Å². The van der Waals surface area contributed by atoms with Crippen LogP contribution in [0.2, 0.25) is 0 Å². The molecule has 12 N–H and O–H groups in total. The third-order valence-electron chi connectivity index (χ3n) is 7.87. The number of hydrogen-bond acceptors (Lipinski definition) is 11. The van der Waals surface area contributed by atoms with Crippen molar-refractivity contribution in [2.75, 3.05) is 6.54 Å². The molecule has 21 heteroatoms. The summed E-state index contributed by atoms with van der Waals surface area (Å²) in [5.74, 6) is -6.16. The maximum absolute atomic E-state index is 14.0. The maximum Gasteiger partial charge on any atom is 0.524 e. The molecule has 1 fully saturated rings. The number of primary amides is 2. The fourth-order valence-electron chi connectivity index (χ4n) is 5.49. The summed E-state index contributed by atoms with van der Waals surface area (Å²) in [5.41, 5.74) is 10.9. The molecule has 1 aliphatic heterocycles. The number of nitrogens with two attached hydrogens (primary N) is 2. The van der Waals surface area contributed by atoms with Crippen LogP contribution in [0.15, 0.2) is 24.3 Å². The summed E-state index contributed by atoms with van der Waals surface area (Å²) in [4.78, 5) is 109. The number of phosphoric ester groups is 1. The van der Waals surface area contributed by atoms with Crippen molar-refractivity contribution in [3.05, 3.63) is 29.8 Å². The van der Waals surface area contributed by atoms with Gasteiger partial charge in [-0.25, -0.2) is 4.57 Å². The number of aliphatic hydroxyl groups is 2. The van der Waals surface area contributed by atoms with Crippen molar-refractivity contribution >= 4 is 49.2 Å². The molecular weight excluding hydrogens is 709 g/mol. The van der Waals surface area contributed by atoms with Crippen LogP contribution in [-0.2, 0) is 44.5 Å². The first kappa shape index (κ1) is 43.5. The smallest absolute Gasteiger partial charge is 0.404 e. The number of carbonyl (C=O) groups is 7. The van der Waals surface area contributed by atoms with Gasteiger partial charge < -0.3 is 52.4 Å². The number of hydrogen-bond donors (Lipinski definition) is 10. The molecule has 1 unspecified atom stereocenters. The van der Waals surface area contributed by atoms with Gasteiger partial charge in [0.05, 0.1) is 12.2 Å². The van der Waals surface area contributed by atoms with Crippen LogP contribution in [0.4, 0.5) is 0 Å². The highest BCUT2D eigenvalue weighted by Crippen LogP contribution is 2.37. The Kier molecular flexibility index (Phi) is 16.1.